The van der Waals surface area contributed by atoms with Gasteiger partial charge >= 0.3 is 0 Å². The Bertz CT molecular complexity index is 3920. The molecule has 0 bridgehead atoms. The summed E-state index contributed by atoms with van der Waals surface area (Å²) in [7, 11) is 0. The van der Waals surface area contributed by atoms with Crippen LogP contribution >= 0.6 is 0 Å². The van der Waals surface area contributed by atoms with Crippen molar-refractivity contribution in [1.29, 1.82) is 0 Å². The Labute approximate surface area is 392 Å². The van der Waals surface area contributed by atoms with E-state index in [1.807, 2.05) is 24.3 Å². The third-order valence-electron chi connectivity index (χ3n) is 13.8. The summed E-state index contributed by atoms with van der Waals surface area (Å²) >= 11 is 0. The van der Waals surface area contributed by atoms with Gasteiger partial charge in [0.2, 0.25) is 0 Å². The van der Waals surface area contributed by atoms with E-state index in [0.717, 1.165) is 78.0 Å². The van der Waals surface area contributed by atoms with Crippen molar-refractivity contribution < 1.29 is 8.83 Å². The van der Waals surface area contributed by atoms with Crippen LogP contribution in [0.1, 0.15) is 0 Å². The fourth-order valence-corrected chi connectivity index (χ4v) is 10.6. The van der Waals surface area contributed by atoms with E-state index in [1.165, 1.54) is 54.6 Å². The van der Waals surface area contributed by atoms with E-state index >= 15 is 0 Å². The number of hydrogen-bond donors (Lipinski definition) is 0. The minimum absolute atomic E-state index is 0.871. The molecule has 0 atom stereocenters. The van der Waals surface area contributed by atoms with Crippen LogP contribution in [0.15, 0.2) is 251 Å². The van der Waals surface area contributed by atoms with Crippen molar-refractivity contribution >= 4 is 110 Å². The second-order valence-electron chi connectivity index (χ2n) is 17.7. The highest BCUT2D eigenvalue weighted by Gasteiger charge is 2.25. The lowest BCUT2D eigenvalue weighted by atomic mass is 9.91. The summed E-state index contributed by atoms with van der Waals surface area (Å²) in [5.41, 5.74) is 14.7. The van der Waals surface area contributed by atoms with Gasteiger partial charge in [0.25, 0.3) is 0 Å². The van der Waals surface area contributed by atoms with Crippen LogP contribution in [-0.2, 0) is 0 Å². The van der Waals surface area contributed by atoms with Gasteiger partial charge in [0, 0.05) is 55.1 Å². The molecule has 2 aromatic heterocycles. The number of nitrogens with zero attached hydrogens (tertiary/aromatic N) is 2. The molecule has 0 saturated heterocycles. The molecule has 0 radical (unpaired) electrons. The lowest BCUT2D eigenvalue weighted by molar-refractivity contribution is 0.668. The molecule has 0 amide bonds. The van der Waals surface area contributed by atoms with Crippen LogP contribution in [-0.4, -0.2) is 0 Å². The maximum Gasteiger partial charge on any atom is 0.135 e. The molecular weight excluding hydrogens is 829 g/mol. The van der Waals surface area contributed by atoms with Crippen molar-refractivity contribution in [3.63, 3.8) is 0 Å². The fourth-order valence-electron chi connectivity index (χ4n) is 10.6. The molecule has 318 valence electrons. The summed E-state index contributed by atoms with van der Waals surface area (Å²) in [4.78, 5) is 4.84. The lowest BCUT2D eigenvalue weighted by Gasteiger charge is -2.30. The van der Waals surface area contributed by atoms with E-state index < -0.39 is 0 Å². The quantitative estimate of drug-likeness (QED) is 0.142. The predicted octanol–water partition coefficient (Wildman–Crippen LogP) is 18.7. The summed E-state index contributed by atoms with van der Waals surface area (Å²) in [6.45, 7) is 0. The van der Waals surface area contributed by atoms with E-state index in [1.54, 1.807) is 0 Å². The largest absolute Gasteiger partial charge is 0.456 e. The van der Waals surface area contributed by atoms with Gasteiger partial charge in [-0.05, 0) is 129 Å². The van der Waals surface area contributed by atoms with Gasteiger partial charge in [-0.15, -0.1) is 0 Å². The molecule has 2 heterocycles. The van der Waals surface area contributed by atoms with Gasteiger partial charge in [-0.3, -0.25) is 0 Å². The first-order valence-corrected chi connectivity index (χ1v) is 23.1. The molecule has 0 saturated carbocycles. The minimum Gasteiger partial charge on any atom is -0.456 e. The second kappa shape index (κ2) is 15.2. The lowest BCUT2D eigenvalue weighted by Crippen LogP contribution is -2.12. The van der Waals surface area contributed by atoms with E-state index in [9.17, 15) is 0 Å². The molecular formula is C64H40N2O2. The highest BCUT2D eigenvalue weighted by atomic mass is 16.3. The normalized spacial score (nSPS) is 11.8. The SMILES string of the molecule is c1ccc(-c2ccc(N(c3ccc4oc5ccccc5c4c3)c3cc4cccc5c(N(c6ccc(-c7ccccc7)cc6)c6ccc7oc8ccccc8c7c6)cc6cccc3c6c45)cc2)cc1. The van der Waals surface area contributed by atoms with Gasteiger partial charge < -0.3 is 18.6 Å². The topological polar surface area (TPSA) is 32.8 Å². The Morgan fingerprint density at radius 2 is 0.588 bits per heavy atom. The first kappa shape index (κ1) is 38.2. The highest BCUT2D eigenvalue weighted by Crippen LogP contribution is 2.50. The zero-order valence-corrected chi connectivity index (χ0v) is 36.8. The van der Waals surface area contributed by atoms with Gasteiger partial charge in [-0.2, -0.15) is 0 Å². The number of para-hydroxylation sites is 2. The van der Waals surface area contributed by atoms with Crippen LogP contribution in [0.2, 0.25) is 0 Å². The van der Waals surface area contributed by atoms with Crippen LogP contribution < -0.4 is 9.80 Å². The molecule has 0 spiro atoms. The summed E-state index contributed by atoms with van der Waals surface area (Å²) < 4.78 is 12.7. The third kappa shape index (κ3) is 6.08. The van der Waals surface area contributed by atoms with Crippen LogP contribution in [0, 0.1) is 0 Å². The number of hydrogen-bond acceptors (Lipinski definition) is 4. The summed E-state index contributed by atoms with van der Waals surface area (Å²) in [6.07, 6.45) is 0. The van der Waals surface area contributed by atoms with E-state index in [2.05, 4.69) is 228 Å². The van der Waals surface area contributed by atoms with E-state index in [4.69, 9.17) is 8.83 Å². The van der Waals surface area contributed by atoms with Crippen molar-refractivity contribution in [3.8, 4) is 22.3 Å². The van der Waals surface area contributed by atoms with Crippen LogP contribution in [0.25, 0.3) is 98.4 Å². The standard InChI is InChI=1S/C64H40N2O2/c1-3-13-41(14-4-1)43-25-29-47(30-26-43)65(49-33-35-61-55(39-49)51-19-7-9-23-59(51)67-61)57-37-45-17-12-22-54-58(38-46-18-11-21-53(57)63(46)64(45)54)66(48-31-27-44(28-32-48)42-15-5-2-6-16-42)50-34-36-62-56(40-50)52-20-8-10-24-60(52)68-62/h1-40H. The zero-order chi connectivity index (χ0) is 44.7. The monoisotopic (exact) mass is 868 g/mol. The van der Waals surface area contributed by atoms with Gasteiger partial charge in [-0.1, -0.05) is 158 Å². The van der Waals surface area contributed by atoms with Crippen LogP contribution in [0.5, 0.6) is 0 Å². The fraction of sp³-hybridized carbons (Fsp3) is 0. The van der Waals surface area contributed by atoms with Crippen molar-refractivity contribution in [2.24, 2.45) is 0 Å². The number of furan rings is 2. The van der Waals surface area contributed by atoms with Crippen molar-refractivity contribution in [2.45, 2.75) is 0 Å². The van der Waals surface area contributed by atoms with Gasteiger partial charge in [0.1, 0.15) is 22.3 Å². The molecule has 0 unspecified atom stereocenters. The second-order valence-corrected chi connectivity index (χ2v) is 17.7. The summed E-state index contributed by atoms with van der Waals surface area (Å²) in [6, 6.07) is 87.2. The van der Waals surface area contributed by atoms with Gasteiger partial charge in [0.15, 0.2) is 0 Å². The zero-order valence-electron chi connectivity index (χ0n) is 36.8. The Morgan fingerprint density at radius 1 is 0.235 bits per heavy atom. The average Bonchev–Trinajstić information content (AvgIpc) is 3.97. The minimum atomic E-state index is 0.871. The summed E-state index contributed by atoms with van der Waals surface area (Å²) in [5, 5.41) is 11.5. The third-order valence-corrected chi connectivity index (χ3v) is 13.8. The first-order valence-electron chi connectivity index (χ1n) is 23.1. The van der Waals surface area contributed by atoms with Crippen molar-refractivity contribution in [1.82, 2.24) is 0 Å². The first-order chi connectivity index (χ1) is 33.7. The molecule has 4 heteroatoms. The van der Waals surface area contributed by atoms with Gasteiger partial charge in [0.05, 0.1) is 11.4 Å². The molecule has 0 aliphatic heterocycles. The van der Waals surface area contributed by atoms with E-state index in [0.29, 0.717) is 0 Å². The number of anilines is 6. The van der Waals surface area contributed by atoms with Crippen molar-refractivity contribution in [2.75, 3.05) is 9.80 Å². The Hall–Kier alpha value is -9.12. The van der Waals surface area contributed by atoms with Crippen molar-refractivity contribution in [3.05, 3.63) is 243 Å². The molecule has 4 nitrogen and oxygen atoms in total. The molecule has 0 aliphatic rings. The predicted molar refractivity (Wildman–Crippen MR) is 285 cm³/mol. The molecule has 0 aliphatic carbocycles. The Kier molecular flexibility index (Phi) is 8.55. The Morgan fingerprint density at radius 3 is 1.03 bits per heavy atom. The number of fused-ring (bicyclic) bond motifs is 6. The Balaban J connectivity index is 0.995. The molecule has 68 heavy (non-hydrogen) atoms. The molecule has 0 fully saturated rings. The van der Waals surface area contributed by atoms with Crippen LogP contribution in [0.3, 0.4) is 0 Å². The highest BCUT2D eigenvalue weighted by molar-refractivity contribution is 6.30. The maximum absolute atomic E-state index is 6.35. The van der Waals surface area contributed by atoms with Crippen LogP contribution in [0.4, 0.5) is 34.1 Å². The number of benzene rings is 12. The smallest absolute Gasteiger partial charge is 0.135 e. The molecule has 14 rings (SSSR count). The average molecular weight is 869 g/mol. The molecule has 14 aromatic rings. The van der Waals surface area contributed by atoms with Gasteiger partial charge in [-0.25, -0.2) is 0 Å². The molecule has 12 aromatic carbocycles. The van der Waals surface area contributed by atoms with E-state index in [-0.39, 0.29) is 0 Å². The summed E-state index contributed by atoms with van der Waals surface area (Å²) in [5.74, 6) is 0. The maximum atomic E-state index is 6.35. The molecule has 0 N–H and O–H groups in total. The number of rotatable bonds is 8.